The van der Waals surface area contributed by atoms with E-state index in [1.807, 2.05) is 24.3 Å². The van der Waals surface area contributed by atoms with Gasteiger partial charge in [-0.2, -0.15) is 0 Å². The average molecular weight is 479 g/mol. The van der Waals surface area contributed by atoms with Crippen molar-refractivity contribution in [1.82, 2.24) is 20.2 Å². The van der Waals surface area contributed by atoms with Crippen LogP contribution in [0.25, 0.3) is 17.1 Å². The number of para-hydroxylation sites is 2. The largest absolute Gasteiger partial charge is 0.454 e. The van der Waals surface area contributed by atoms with E-state index in [2.05, 4.69) is 15.3 Å². The number of nitrogens with zero attached hydrogens (tertiary/aromatic N) is 2. The molecular weight excluding hydrogens is 456 g/mol. The quantitative estimate of drug-likeness (QED) is 0.477. The predicted octanol–water partition coefficient (Wildman–Crippen LogP) is 3.47. The number of thioether (sulfide) groups is 1. The van der Waals surface area contributed by atoms with Crippen LogP contribution in [0.2, 0.25) is 0 Å². The third-order valence-electron chi connectivity index (χ3n) is 5.48. The number of imide groups is 1. The lowest BCUT2D eigenvalue weighted by Crippen LogP contribution is -2.37. The van der Waals surface area contributed by atoms with Crippen LogP contribution in [0, 0.1) is 0 Å². The van der Waals surface area contributed by atoms with Crippen LogP contribution in [0.5, 0.6) is 11.5 Å². The van der Waals surface area contributed by atoms with Crippen molar-refractivity contribution < 1.29 is 23.9 Å². The fourth-order valence-corrected chi connectivity index (χ4v) is 4.65. The van der Waals surface area contributed by atoms with Crippen LogP contribution in [0.3, 0.4) is 0 Å². The molecule has 9 nitrogen and oxygen atoms in total. The van der Waals surface area contributed by atoms with Crippen molar-refractivity contribution in [3.63, 3.8) is 0 Å². The average Bonchev–Trinajstić information content (AvgIpc) is 3.52. The van der Waals surface area contributed by atoms with Gasteiger partial charge in [-0.25, -0.2) is 4.98 Å². The SMILES string of the molecule is O=C(CCCc1nc2ccccc2[nH]1)NCCN1C(=O)S/C(=C\c2ccc3c(c2)OCO3)C1=O. The lowest BCUT2D eigenvalue weighted by molar-refractivity contribution is -0.124. The highest BCUT2D eigenvalue weighted by Gasteiger charge is 2.34. The van der Waals surface area contributed by atoms with Gasteiger partial charge < -0.3 is 19.8 Å². The standard InChI is InChI=1S/C24H22N4O5S/c29-22(7-3-6-21-26-16-4-1-2-5-17(16)27-21)25-10-11-28-23(30)20(34-24(28)31)13-15-8-9-18-19(12-15)33-14-32-18/h1-2,4-5,8-9,12-13H,3,6-7,10-11,14H2,(H,25,29)(H,26,27)/b20-13-. The molecule has 1 saturated heterocycles. The third kappa shape index (κ3) is 4.76. The Morgan fingerprint density at radius 1 is 1.18 bits per heavy atom. The Morgan fingerprint density at radius 3 is 2.91 bits per heavy atom. The van der Waals surface area contributed by atoms with E-state index >= 15 is 0 Å². The van der Waals surface area contributed by atoms with Gasteiger partial charge in [-0.1, -0.05) is 18.2 Å². The Labute approximate surface area is 199 Å². The maximum absolute atomic E-state index is 12.7. The van der Waals surface area contributed by atoms with Crippen molar-refractivity contribution in [2.45, 2.75) is 19.3 Å². The first-order chi connectivity index (χ1) is 16.6. The summed E-state index contributed by atoms with van der Waals surface area (Å²) in [5, 5.41) is 2.43. The second-order valence-corrected chi connectivity index (χ2v) is 8.84. The van der Waals surface area contributed by atoms with Gasteiger partial charge in [0.25, 0.3) is 11.1 Å². The number of amides is 3. The van der Waals surface area contributed by atoms with E-state index in [0.29, 0.717) is 35.7 Å². The number of hydrogen-bond acceptors (Lipinski definition) is 7. The molecule has 0 saturated carbocycles. The molecule has 1 fully saturated rings. The maximum atomic E-state index is 12.7. The molecule has 0 radical (unpaired) electrons. The summed E-state index contributed by atoms with van der Waals surface area (Å²) in [6, 6.07) is 13.1. The van der Waals surface area contributed by atoms with Crippen LogP contribution in [0.15, 0.2) is 47.4 Å². The molecule has 0 bridgehead atoms. The second kappa shape index (κ2) is 9.60. The Morgan fingerprint density at radius 2 is 2.03 bits per heavy atom. The third-order valence-corrected chi connectivity index (χ3v) is 6.39. The number of benzene rings is 2. The summed E-state index contributed by atoms with van der Waals surface area (Å²) in [5.74, 6) is 1.61. The minimum absolute atomic E-state index is 0.123. The number of aromatic nitrogens is 2. The Kier molecular flexibility index (Phi) is 6.22. The Hall–Kier alpha value is -3.79. The minimum atomic E-state index is -0.369. The zero-order valence-electron chi connectivity index (χ0n) is 18.2. The summed E-state index contributed by atoms with van der Waals surface area (Å²) in [7, 11) is 0. The molecule has 3 amide bonds. The summed E-state index contributed by atoms with van der Waals surface area (Å²) in [4.78, 5) is 46.4. The van der Waals surface area contributed by atoms with Crippen molar-refractivity contribution in [2.75, 3.05) is 19.9 Å². The molecule has 0 aliphatic carbocycles. The summed E-state index contributed by atoms with van der Waals surface area (Å²) >= 11 is 0.885. The zero-order valence-corrected chi connectivity index (χ0v) is 19.0. The number of carbonyl (C=O) groups is 3. The fourth-order valence-electron chi connectivity index (χ4n) is 3.78. The van der Waals surface area contributed by atoms with Gasteiger partial charge in [0, 0.05) is 25.9 Å². The van der Waals surface area contributed by atoms with Gasteiger partial charge in [0.2, 0.25) is 12.7 Å². The second-order valence-electron chi connectivity index (χ2n) is 7.85. The van der Waals surface area contributed by atoms with Gasteiger partial charge >= 0.3 is 0 Å². The molecule has 0 spiro atoms. The molecule has 5 rings (SSSR count). The number of imidazole rings is 1. The highest BCUT2D eigenvalue weighted by atomic mass is 32.2. The lowest BCUT2D eigenvalue weighted by Gasteiger charge is -2.13. The molecule has 0 atom stereocenters. The van der Waals surface area contributed by atoms with E-state index in [1.165, 1.54) is 0 Å². The normalized spacial score (nSPS) is 16.1. The van der Waals surface area contributed by atoms with Crippen LogP contribution >= 0.6 is 11.8 Å². The number of H-pyrrole nitrogens is 1. The summed E-state index contributed by atoms with van der Waals surface area (Å²) in [6.45, 7) is 0.498. The van der Waals surface area contributed by atoms with Crippen LogP contribution in [-0.2, 0) is 16.0 Å². The number of fused-ring (bicyclic) bond motifs is 2. The van der Waals surface area contributed by atoms with Crippen LogP contribution in [0.1, 0.15) is 24.2 Å². The van der Waals surface area contributed by atoms with Gasteiger partial charge in [0.15, 0.2) is 11.5 Å². The number of nitrogens with one attached hydrogen (secondary N) is 2. The number of carbonyl (C=O) groups excluding carboxylic acids is 3. The van der Waals surface area contributed by atoms with Crippen LogP contribution in [-0.4, -0.2) is 51.8 Å². The molecule has 2 aliphatic heterocycles. The summed E-state index contributed by atoms with van der Waals surface area (Å²) < 4.78 is 10.6. The van der Waals surface area contributed by atoms with Crippen molar-refractivity contribution >= 4 is 45.9 Å². The van der Waals surface area contributed by atoms with Crippen molar-refractivity contribution in [1.29, 1.82) is 0 Å². The lowest BCUT2D eigenvalue weighted by atomic mass is 10.2. The van der Waals surface area contributed by atoms with Crippen molar-refractivity contribution in [3.05, 3.63) is 58.8 Å². The van der Waals surface area contributed by atoms with Gasteiger partial charge in [-0.05, 0) is 54.1 Å². The monoisotopic (exact) mass is 478 g/mol. The van der Waals surface area contributed by atoms with E-state index in [4.69, 9.17) is 9.47 Å². The van der Waals surface area contributed by atoms with Gasteiger partial charge in [-0.3, -0.25) is 19.3 Å². The van der Waals surface area contributed by atoms with Crippen LogP contribution in [0.4, 0.5) is 4.79 Å². The zero-order chi connectivity index (χ0) is 23.5. The molecule has 34 heavy (non-hydrogen) atoms. The summed E-state index contributed by atoms with van der Waals surface area (Å²) in [6.07, 6.45) is 3.30. The highest BCUT2D eigenvalue weighted by Crippen LogP contribution is 2.36. The van der Waals surface area contributed by atoms with Crippen LogP contribution < -0.4 is 14.8 Å². The molecule has 2 N–H and O–H groups in total. The minimum Gasteiger partial charge on any atom is -0.454 e. The first-order valence-corrected chi connectivity index (χ1v) is 11.7. The fraction of sp³-hybridized carbons (Fsp3) is 0.250. The van der Waals surface area contributed by atoms with Gasteiger partial charge in [-0.15, -0.1) is 0 Å². The van der Waals surface area contributed by atoms with Gasteiger partial charge in [0.1, 0.15) is 5.82 Å². The number of rotatable bonds is 8. The first kappa shape index (κ1) is 22.0. The molecule has 2 aliphatic rings. The van der Waals surface area contributed by atoms with E-state index in [1.54, 1.807) is 24.3 Å². The van der Waals surface area contributed by atoms with E-state index < -0.39 is 0 Å². The molecule has 1 aromatic heterocycles. The Balaban J connectivity index is 1.08. The summed E-state index contributed by atoms with van der Waals surface area (Å²) in [5.41, 5.74) is 2.63. The maximum Gasteiger partial charge on any atom is 0.293 e. The van der Waals surface area contributed by atoms with E-state index in [9.17, 15) is 14.4 Å². The smallest absolute Gasteiger partial charge is 0.293 e. The topological polar surface area (TPSA) is 114 Å². The molecule has 3 aromatic rings. The van der Waals surface area contributed by atoms with E-state index in [0.717, 1.165) is 39.1 Å². The van der Waals surface area contributed by atoms with E-state index in [-0.39, 0.29) is 36.9 Å². The molecular formula is C24H22N4O5S. The predicted molar refractivity (Wildman–Crippen MR) is 127 cm³/mol. The van der Waals surface area contributed by atoms with Gasteiger partial charge in [0.05, 0.1) is 15.9 Å². The number of ether oxygens (including phenoxy) is 2. The molecule has 10 heteroatoms. The Bertz CT molecular complexity index is 1270. The molecule has 174 valence electrons. The van der Waals surface area contributed by atoms with Crippen molar-refractivity contribution in [3.8, 4) is 11.5 Å². The number of aromatic amines is 1. The first-order valence-electron chi connectivity index (χ1n) is 10.9. The van der Waals surface area contributed by atoms with Crippen molar-refractivity contribution in [2.24, 2.45) is 0 Å². The molecule has 3 heterocycles. The highest BCUT2D eigenvalue weighted by molar-refractivity contribution is 8.18. The molecule has 0 unspecified atom stereocenters. The number of aryl methyl sites for hydroxylation is 1. The number of hydrogen-bond donors (Lipinski definition) is 2. The molecule has 2 aromatic carbocycles.